The number of imidazole rings is 2. The van der Waals surface area contributed by atoms with E-state index in [9.17, 15) is 48.2 Å². The number of methoxy groups -OCH3 is 1. The van der Waals surface area contributed by atoms with E-state index in [1.54, 1.807) is 13.8 Å². The molecular weight excluding hydrogens is 819 g/mol. The summed E-state index contributed by atoms with van der Waals surface area (Å²) in [5, 5.41) is 22.0. The molecular formula is C26H36N9O18P3-2. The van der Waals surface area contributed by atoms with Gasteiger partial charge in [0.05, 0.1) is 32.7 Å². The topological polar surface area (TPSA) is 379 Å². The van der Waals surface area contributed by atoms with E-state index in [-0.39, 0.29) is 34.1 Å². The number of H-pyrrole nitrogens is 2. The van der Waals surface area contributed by atoms with Crippen LogP contribution < -0.4 is 36.1 Å². The third kappa shape index (κ3) is 8.73. The summed E-state index contributed by atoms with van der Waals surface area (Å²) >= 11 is 0. The number of hydrogen-bond donors (Lipinski definition) is 5. The monoisotopic (exact) mass is 855 g/mol. The van der Waals surface area contributed by atoms with Gasteiger partial charge in [-0.25, -0.2) is 23.2 Å². The van der Waals surface area contributed by atoms with Gasteiger partial charge < -0.3 is 63.6 Å². The largest absolute Gasteiger partial charge is 0.756 e. The first kappa shape index (κ1) is 42.3. The lowest BCUT2D eigenvalue weighted by atomic mass is 10.1. The number of nitrogen functional groups attached to an aromatic ring is 1. The number of hydrogen-bond acceptors (Lipinski definition) is 22. The molecule has 11 atom stereocenters. The molecule has 0 spiro atoms. The molecule has 2 aliphatic rings. The summed E-state index contributed by atoms with van der Waals surface area (Å²) in [6.45, 7) is 2.64. The maximum absolute atomic E-state index is 12.6. The number of nitrogens with zero attached hydrogens (tertiary/aromatic N) is 6. The summed E-state index contributed by atoms with van der Waals surface area (Å²) in [7, 11) is -15.6. The maximum atomic E-state index is 12.6. The molecule has 4 aromatic rings. The van der Waals surface area contributed by atoms with Crippen molar-refractivity contribution in [2.24, 2.45) is 7.05 Å². The van der Waals surface area contributed by atoms with Crippen LogP contribution in [0.3, 0.4) is 0 Å². The van der Waals surface area contributed by atoms with Gasteiger partial charge in [-0.3, -0.25) is 37.4 Å². The highest BCUT2D eigenvalue weighted by atomic mass is 31.3. The van der Waals surface area contributed by atoms with Gasteiger partial charge in [0.1, 0.15) is 42.4 Å². The molecule has 0 bridgehead atoms. The number of aromatic nitrogens is 8. The van der Waals surface area contributed by atoms with Gasteiger partial charge in [0, 0.05) is 7.11 Å². The lowest BCUT2D eigenvalue weighted by Gasteiger charge is -2.35. The number of aliphatic hydroxyl groups is 2. The molecule has 0 saturated carbocycles. The Morgan fingerprint density at radius 3 is 2.20 bits per heavy atom. The van der Waals surface area contributed by atoms with E-state index in [2.05, 4.69) is 42.6 Å². The highest BCUT2D eigenvalue weighted by Gasteiger charge is 2.49. The highest BCUT2D eigenvalue weighted by molar-refractivity contribution is 7.65. The van der Waals surface area contributed by atoms with Crippen LogP contribution in [0.15, 0.2) is 22.2 Å². The summed E-state index contributed by atoms with van der Waals surface area (Å²) in [5.41, 5.74) is 4.43. The maximum Gasteiger partial charge on any atom is 0.313 e. The van der Waals surface area contributed by atoms with Crippen molar-refractivity contribution in [1.82, 2.24) is 34.1 Å². The number of phosphoric acid groups is 3. The predicted octanol–water partition coefficient (Wildman–Crippen LogP) is -3.63. The van der Waals surface area contributed by atoms with Gasteiger partial charge in [-0.2, -0.15) is 0 Å². The van der Waals surface area contributed by atoms with Crippen molar-refractivity contribution in [2.45, 2.75) is 76.0 Å². The van der Waals surface area contributed by atoms with Crippen LogP contribution in [0.2, 0.25) is 0 Å². The van der Waals surface area contributed by atoms with Crippen molar-refractivity contribution in [3.63, 3.8) is 0 Å². The molecule has 310 valence electrons. The summed E-state index contributed by atoms with van der Waals surface area (Å²) in [4.78, 5) is 79.4. The summed E-state index contributed by atoms with van der Waals surface area (Å²) in [6.07, 6.45) is -9.29. The van der Waals surface area contributed by atoms with Crippen LogP contribution in [0.4, 0.5) is 5.95 Å². The zero-order chi connectivity index (χ0) is 41.1. The second kappa shape index (κ2) is 15.8. The van der Waals surface area contributed by atoms with Crippen LogP contribution in [-0.2, 0) is 57.4 Å². The first-order valence-electron chi connectivity index (χ1n) is 16.3. The van der Waals surface area contributed by atoms with Crippen LogP contribution in [0.1, 0.15) is 32.1 Å². The molecule has 6 rings (SSSR count). The Labute approximate surface area is 313 Å². The Morgan fingerprint density at radius 1 is 0.964 bits per heavy atom. The first-order chi connectivity index (χ1) is 26.1. The number of aryl methyl sites for hydroxylation is 2. The molecule has 0 radical (unpaired) electrons. The lowest BCUT2D eigenvalue weighted by Crippen LogP contribution is -2.46. The summed E-state index contributed by atoms with van der Waals surface area (Å²) in [5.74, 6) is -0.0397. The van der Waals surface area contributed by atoms with Crippen LogP contribution >= 0.6 is 23.5 Å². The van der Waals surface area contributed by atoms with Crippen LogP contribution in [0.5, 0.6) is 0 Å². The van der Waals surface area contributed by atoms with E-state index in [0.717, 1.165) is 13.4 Å². The van der Waals surface area contributed by atoms with Gasteiger partial charge in [0.25, 0.3) is 40.5 Å². The standard InChI is InChI=1S/C26H38N9O18P3/c1-10(2)49-19-13(51-24(17(19)37)34-8-28-14-20(34)29-11(3)30-22(14)38)7-48-55(42,43)53-56(44,45)52-54(40,41)47-6-12-18(46-5)16(36)25(50-12)35-9-33(4)15-21(35)31-26(27)32-23(15)39/h8-10,12-13,16-19,24-25,36-37H,6-7H2,1-5H3,(H6-,27,29,30,31,32,38,39,40,41,42,43,44,45)/p-2/t12-,13-,16+,17?,18?,19+,24-,25-/m1/s1. The number of aromatic amines is 2. The average molecular weight is 856 g/mol. The minimum absolute atomic E-state index is 0.0174. The fourth-order valence-electron chi connectivity index (χ4n) is 6.25. The summed E-state index contributed by atoms with van der Waals surface area (Å²) < 4.78 is 81.1. The molecule has 0 aromatic carbocycles. The van der Waals surface area contributed by atoms with Crippen molar-refractivity contribution >= 4 is 51.7 Å². The molecule has 2 fully saturated rings. The minimum Gasteiger partial charge on any atom is -0.756 e. The van der Waals surface area contributed by atoms with E-state index >= 15 is 0 Å². The number of rotatable bonds is 15. The molecule has 0 amide bonds. The van der Waals surface area contributed by atoms with E-state index in [1.807, 2.05) is 0 Å². The number of nitrogens with one attached hydrogen (secondary N) is 2. The van der Waals surface area contributed by atoms with Crippen molar-refractivity contribution in [1.29, 1.82) is 0 Å². The number of phosphoric ester groups is 2. The zero-order valence-electron chi connectivity index (χ0n) is 29.8. The van der Waals surface area contributed by atoms with E-state index < -0.39 is 103 Å². The molecule has 27 nitrogen and oxygen atoms in total. The van der Waals surface area contributed by atoms with Gasteiger partial charge in [-0.05, 0) is 20.8 Å². The van der Waals surface area contributed by atoms with Gasteiger partial charge >= 0.3 is 5.65 Å². The molecule has 5 unspecified atom stereocenters. The number of anilines is 1. The molecule has 4 aromatic heterocycles. The third-order valence-corrected chi connectivity index (χ3v) is 12.5. The first-order valence-corrected chi connectivity index (χ1v) is 20.7. The van der Waals surface area contributed by atoms with Gasteiger partial charge in [0.15, 0.2) is 23.7 Å². The fourth-order valence-corrected chi connectivity index (χ4v) is 9.64. The third-order valence-electron chi connectivity index (χ3n) is 8.40. The van der Waals surface area contributed by atoms with Crippen LogP contribution in [0, 0.1) is 6.92 Å². The lowest BCUT2D eigenvalue weighted by molar-refractivity contribution is -0.745. The molecule has 2 aliphatic heterocycles. The van der Waals surface area contributed by atoms with E-state index in [0.29, 0.717) is 0 Å². The number of aliphatic hydroxyl groups excluding tert-OH is 2. The molecule has 2 saturated heterocycles. The predicted molar refractivity (Wildman–Crippen MR) is 176 cm³/mol. The Balaban J connectivity index is 1.09. The molecule has 6 heterocycles. The quantitative estimate of drug-likeness (QED) is 0.0569. The van der Waals surface area contributed by atoms with Crippen LogP contribution in [-0.4, -0.2) is 107 Å². The average Bonchev–Trinajstić information content (AvgIpc) is 3.80. The molecule has 0 aliphatic carbocycles. The molecule has 6 N–H and O–H groups in total. The Bertz CT molecular complexity index is 2370. The van der Waals surface area contributed by atoms with Crippen molar-refractivity contribution in [3.8, 4) is 0 Å². The normalized spacial score (nSPS) is 28.9. The second-order valence-corrected chi connectivity index (χ2v) is 17.3. The minimum atomic E-state index is -6.33. The van der Waals surface area contributed by atoms with Crippen LogP contribution in [0.25, 0.3) is 22.3 Å². The summed E-state index contributed by atoms with van der Waals surface area (Å²) in [6, 6.07) is 0. The van der Waals surface area contributed by atoms with E-state index in [4.69, 9.17) is 24.7 Å². The van der Waals surface area contributed by atoms with Crippen molar-refractivity contribution < 1.29 is 79.8 Å². The Morgan fingerprint density at radius 2 is 1.59 bits per heavy atom. The zero-order valence-corrected chi connectivity index (χ0v) is 32.5. The Hall–Kier alpha value is -3.33. The number of ether oxygens (including phenoxy) is 4. The van der Waals surface area contributed by atoms with E-state index in [1.165, 1.54) is 34.0 Å². The smallest absolute Gasteiger partial charge is 0.313 e. The van der Waals surface area contributed by atoms with Gasteiger partial charge in [0.2, 0.25) is 11.7 Å². The molecule has 56 heavy (non-hydrogen) atoms. The Kier molecular flexibility index (Phi) is 11.9. The number of fused-ring (bicyclic) bond motifs is 2. The second-order valence-electron chi connectivity index (χ2n) is 12.8. The van der Waals surface area contributed by atoms with Crippen molar-refractivity contribution in [3.05, 3.63) is 39.2 Å². The SMILES string of the molecule is COC1[C@@H](COP(=O)([O-])OP(=O)([O-])OP(=O)([O-])OC[C@H]2O[C@@H](n3cnc4c(=O)[nH]c(C)nc43)C(O)[C@H]2OC(C)C)O[C@@H]([n+]2cn(C)c3c(=O)[nH]c(N)nc32)[C@H]1O. The fraction of sp³-hybridized carbons (Fsp3) is 0.615. The molecule has 30 heteroatoms. The van der Waals surface area contributed by atoms with Gasteiger partial charge in [-0.15, -0.1) is 0 Å². The number of nitrogens with two attached hydrogens (primary N) is 1. The van der Waals surface area contributed by atoms with Crippen molar-refractivity contribution in [2.75, 3.05) is 26.1 Å². The van der Waals surface area contributed by atoms with Gasteiger partial charge in [-0.1, -0.05) is 4.98 Å². The highest BCUT2D eigenvalue weighted by Crippen LogP contribution is 2.63.